The summed E-state index contributed by atoms with van der Waals surface area (Å²) in [6, 6.07) is 30.6. The minimum Gasteiger partial charge on any atom is -0.405 e. The van der Waals surface area contributed by atoms with Gasteiger partial charge in [-0.3, -0.25) is 4.79 Å². The van der Waals surface area contributed by atoms with E-state index in [9.17, 15) is 9.90 Å². The predicted molar refractivity (Wildman–Crippen MR) is 154 cm³/mol. The van der Waals surface area contributed by atoms with Gasteiger partial charge in [0, 0.05) is 5.92 Å². The molecule has 0 aromatic heterocycles. The molecule has 4 nitrogen and oxygen atoms in total. The molecule has 0 spiro atoms. The van der Waals surface area contributed by atoms with Gasteiger partial charge >= 0.3 is 0 Å². The highest BCUT2D eigenvalue weighted by atomic mass is 28.4. The van der Waals surface area contributed by atoms with E-state index in [1.165, 1.54) is 0 Å². The second-order valence-corrected chi connectivity index (χ2v) is 15.8. The first-order valence-corrected chi connectivity index (χ1v) is 15.0. The Morgan fingerprint density at radius 3 is 1.70 bits per heavy atom. The second kappa shape index (κ2) is 12.3. The van der Waals surface area contributed by atoms with Gasteiger partial charge in [0.1, 0.15) is 5.78 Å². The lowest BCUT2D eigenvalue weighted by Crippen LogP contribution is -2.67. The Bertz CT molecular complexity index is 1070. The molecule has 2 atom stereocenters. The Kier molecular flexibility index (Phi) is 9.65. The molecule has 1 N–H and O–H groups in total. The van der Waals surface area contributed by atoms with Crippen LogP contribution in [0, 0.1) is 11.3 Å². The van der Waals surface area contributed by atoms with Crippen molar-refractivity contribution in [3.63, 3.8) is 0 Å². The topological polar surface area (TPSA) is 55.8 Å². The summed E-state index contributed by atoms with van der Waals surface area (Å²) < 4.78 is 12.7. The SMILES string of the molecule is C[C@@H](COCc1ccccc1)C(=O)C(C)(C)[C@@H](O)CO[Si](c1ccccc1)(c1ccccc1)C(C)(C)C. The van der Waals surface area contributed by atoms with Crippen LogP contribution in [0.2, 0.25) is 5.04 Å². The minimum absolute atomic E-state index is 0.0286. The molecular formula is C32H42O4Si. The van der Waals surface area contributed by atoms with Gasteiger partial charge in [0.05, 0.1) is 31.3 Å². The number of aliphatic hydroxyl groups excluding tert-OH is 1. The largest absolute Gasteiger partial charge is 0.405 e. The van der Waals surface area contributed by atoms with Crippen molar-refractivity contribution in [2.24, 2.45) is 11.3 Å². The third-order valence-corrected chi connectivity index (χ3v) is 12.3. The van der Waals surface area contributed by atoms with Crippen LogP contribution in [0.5, 0.6) is 0 Å². The minimum atomic E-state index is -2.81. The summed E-state index contributed by atoms with van der Waals surface area (Å²) in [6.07, 6.45) is -0.960. The maximum absolute atomic E-state index is 13.4. The zero-order chi connectivity index (χ0) is 27.1. The molecule has 0 saturated carbocycles. The molecule has 3 rings (SSSR count). The van der Waals surface area contributed by atoms with Crippen molar-refractivity contribution in [1.82, 2.24) is 0 Å². The maximum atomic E-state index is 13.4. The molecule has 0 aliphatic carbocycles. The van der Waals surface area contributed by atoms with E-state index in [0.29, 0.717) is 13.2 Å². The van der Waals surface area contributed by atoms with Crippen LogP contribution in [0.3, 0.4) is 0 Å². The number of carbonyl (C=O) groups is 1. The average Bonchev–Trinajstić information content (AvgIpc) is 2.89. The number of rotatable bonds is 12. The molecule has 0 aliphatic rings. The van der Waals surface area contributed by atoms with Crippen molar-refractivity contribution in [3.8, 4) is 0 Å². The fourth-order valence-electron chi connectivity index (χ4n) is 4.98. The second-order valence-electron chi connectivity index (χ2n) is 11.5. The lowest BCUT2D eigenvalue weighted by Gasteiger charge is -2.44. The molecule has 0 bridgehead atoms. The molecule has 37 heavy (non-hydrogen) atoms. The number of hydrogen-bond donors (Lipinski definition) is 1. The molecule has 0 heterocycles. The third kappa shape index (κ3) is 6.66. The molecule has 3 aromatic rings. The van der Waals surface area contributed by atoms with Gasteiger partial charge in [-0.05, 0) is 21.0 Å². The van der Waals surface area contributed by atoms with Crippen LogP contribution >= 0.6 is 0 Å². The quantitative estimate of drug-likeness (QED) is 0.328. The van der Waals surface area contributed by atoms with Crippen LogP contribution in [-0.2, 0) is 20.6 Å². The molecule has 0 radical (unpaired) electrons. The summed E-state index contributed by atoms with van der Waals surface area (Å²) in [4.78, 5) is 13.4. The van der Waals surface area contributed by atoms with Crippen LogP contribution in [0.1, 0.15) is 47.1 Å². The van der Waals surface area contributed by atoms with E-state index in [2.05, 4.69) is 45.0 Å². The summed E-state index contributed by atoms with van der Waals surface area (Å²) in [5, 5.41) is 13.4. The third-order valence-electron chi connectivity index (χ3n) is 7.27. The lowest BCUT2D eigenvalue weighted by molar-refractivity contribution is -0.140. The summed E-state index contributed by atoms with van der Waals surface area (Å²) in [7, 11) is -2.81. The standard InChI is InChI=1S/C32H42O4Si/c1-25(22-35-23-26-16-10-7-11-17-26)30(34)32(5,6)29(33)24-36-37(31(2,3)4,27-18-12-8-13-19-27)28-20-14-9-15-21-28/h7-21,25,29,33H,22-24H2,1-6H3/t25-,29-/m0/s1. The number of Topliss-reactive ketones (excluding diaryl/α,β-unsaturated/α-hetero) is 1. The monoisotopic (exact) mass is 518 g/mol. The van der Waals surface area contributed by atoms with E-state index in [0.717, 1.165) is 15.9 Å². The van der Waals surface area contributed by atoms with E-state index in [1.54, 1.807) is 0 Å². The van der Waals surface area contributed by atoms with E-state index in [1.807, 2.05) is 87.5 Å². The van der Waals surface area contributed by atoms with Gasteiger partial charge in [-0.2, -0.15) is 0 Å². The first kappa shape index (κ1) is 29.0. The van der Waals surface area contributed by atoms with Gasteiger partial charge in [0.25, 0.3) is 8.32 Å². The van der Waals surface area contributed by atoms with Crippen molar-refractivity contribution in [2.75, 3.05) is 13.2 Å². The van der Waals surface area contributed by atoms with E-state index >= 15 is 0 Å². The van der Waals surface area contributed by atoms with Gasteiger partial charge in [-0.1, -0.05) is 133 Å². The lowest BCUT2D eigenvalue weighted by atomic mass is 9.77. The van der Waals surface area contributed by atoms with Crippen LogP contribution in [-0.4, -0.2) is 38.5 Å². The van der Waals surface area contributed by atoms with Crippen molar-refractivity contribution >= 4 is 24.5 Å². The molecule has 0 saturated heterocycles. The summed E-state index contributed by atoms with van der Waals surface area (Å²) in [6.45, 7) is 12.9. The first-order valence-electron chi connectivity index (χ1n) is 13.1. The Balaban J connectivity index is 1.77. The Hall–Kier alpha value is -2.57. The molecule has 198 valence electrons. The van der Waals surface area contributed by atoms with Crippen molar-refractivity contribution in [3.05, 3.63) is 96.6 Å². The van der Waals surface area contributed by atoms with Crippen molar-refractivity contribution in [1.29, 1.82) is 0 Å². The average molecular weight is 519 g/mol. The summed E-state index contributed by atoms with van der Waals surface area (Å²) in [5.41, 5.74) is 0.0844. The maximum Gasteiger partial charge on any atom is 0.261 e. The Morgan fingerprint density at radius 2 is 1.24 bits per heavy atom. The highest BCUT2D eigenvalue weighted by Gasteiger charge is 2.51. The van der Waals surface area contributed by atoms with Crippen molar-refractivity contribution in [2.45, 2.75) is 59.3 Å². The summed E-state index contributed by atoms with van der Waals surface area (Å²) in [5.74, 6) is -0.375. The van der Waals surface area contributed by atoms with E-state index < -0.39 is 19.8 Å². The zero-order valence-corrected chi connectivity index (χ0v) is 24.1. The molecule has 5 heteroatoms. The molecule has 0 unspecified atom stereocenters. The van der Waals surface area contributed by atoms with Crippen LogP contribution < -0.4 is 10.4 Å². The van der Waals surface area contributed by atoms with Gasteiger partial charge in [0.15, 0.2) is 0 Å². The predicted octanol–water partition coefficient (Wildman–Crippen LogP) is 5.37. The fraction of sp³-hybridized carbons (Fsp3) is 0.406. The highest BCUT2D eigenvalue weighted by molar-refractivity contribution is 6.99. The van der Waals surface area contributed by atoms with Crippen LogP contribution in [0.25, 0.3) is 0 Å². The molecule has 3 aromatic carbocycles. The van der Waals surface area contributed by atoms with E-state index in [-0.39, 0.29) is 23.3 Å². The molecule has 0 aliphatic heterocycles. The smallest absolute Gasteiger partial charge is 0.261 e. The van der Waals surface area contributed by atoms with Gasteiger partial charge in [0.2, 0.25) is 0 Å². The van der Waals surface area contributed by atoms with Crippen molar-refractivity contribution < 1.29 is 19.1 Å². The van der Waals surface area contributed by atoms with Crippen LogP contribution in [0.4, 0.5) is 0 Å². The van der Waals surface area contributed by atoms with Gasteiger partial charge in [-0.15, -0.1) is 0 Å². The fourth-order valence-corrected chi connectivity index (χ4v) is 9.54. The Morgan fingerprint density at radius 1 is 0.784 bits per heavy atom. The normalized spacial score (nSPS) is 14.2. The number of carbonyl (C=O) groups excluding carboxylic acids is 1. The molecular weight excluding hydrogens is 476 g/mol. The number of ketones is 1. The number of benzene rings is 3. The summed E-state index contributed by atoms with van der Waals surface area (Å²) >= 11 is 0. The molecule has 0 amide bonds. The molecule has 0 fully saturated rings. The van der Waals surface area contributed by atoms with Gasteiger partial charge < -0.3 is 14.3 Å². The highest BCUT2D eigenvalue weighted by Crippen LogP contribution is 2.37. The number of aliphatic hydroxyl groups is 1. The first-order chi connectivity index (χ1) is 17.5. The van der Waals surface area contributed by atoms with Crippen LogP contribution in [0.15, 0.2) is 91.0 Å². The number of ether oxygens (including phenoxy) is 1. The Labute approximate surface area is 223 Å². The van der Waals surface area contributed by atoms with E-state index in [4.69, 9.17) is 9.16 Å². The van der Waals surface area contributed by atoms with Gasteiger partial charge in [-0.25, -0.2) is 0 Å². The zero-order valence-electron chi connectivity index (χ0n) is 23.1. The number of hydrogen-bond acceptors (Lipinski definition) is 4.